The largest absolute Gasteiger partial charge is 0.422 e. The van der Waals surface area contributed by atoms with Crippen molar-refractivity contribution in [1.82, 2.24) is 0 Å². The van der Waals surface area contributed by atoms with Gasteiger partial charge in [0.1, 0.15) is 41.2 Å². The predicted molar refractivity (Wildman–Crippen MR) is 118 cm³/mol. The summed E-state index contributed by atoms with van der Waals surface area (Å²) in [4.78, 5) is 13.0. The van der Waals surface area contributed by atoms with Gasteiger partial charge in [0, 0.05) is 16.7 Å². The Morgan fingerprint density at radius 2 is 1.41 bits per heavy atom. The summed E-state index contributed by atoms with van der Waals surface area (Å²) in [6.45, 7) is 3.98. The van der Waals surface area contributed by atoms with Gasteiger partial charge in [-0.15, -0.1) is 0 Å². The Kier molecular flexibility index (Phi) is 6.31. The van der Waals surface area contributed by atoms with Crippen molar-refractivity contribution in [2.75, 3.05) is 0 Å². The van der Waals surface area contributed by atoms with Crippen molar-refractivity contribution in [3.63, 3.8) is 0 Å². The lowest BCUT2D eigenvalue weighted by Crippen LogP contribution is -2.06. The molecular weight excluding hydrogens is 400 g/mol. The molecule has 1 aliphatic heterocycles. The minimum Gasteiger partial charge on any atom is -0.422 e. The number of nitriles is 4. The van der Waals surface area contributed by atoms with Crippen molar-refractivity contribution in [2.24, 2.45) is 0 Å². The Labute approximate surface area is 185 Å². The Morgan fingerprint density at radius 3 is 1.97 bits per heavy atom. The summed E-state index contributed by atoms with van der Waals surface area (Å²) in [7, 11) is 0. The number of nitrogens with zero attached hydrogens (tertiary/aromatic N) is 4. The van der Waals surface area contributed by atoms with Crippen LogP contribution in [0.5, 0.6) is 0 Å². The molecule has 0 radical (unpaired) electrons. The molecule has 0 spiro atoms. The van der Waals surface area contributed by atoms with E-state index in [1.54, 1.807) is 48.5 Å². The molecule has 152 valence electrons. The highest BCUT2D eigenvalue weighted by Gasteiger charge is 2.29. The van der Waals surface area contributed by atoms with Crippen molar-refractivity contribution >= 4 is 11.1 Å². The van der Waals surface area contributed by atoms with Crippen LogP contribution in [0.1, 0.15) is 36.5 Å². The van der Waals surface area contributed by atoms with Gasteiger partial charge in [0.05, 0.1) is 5.56 Å². The molecule has 2 aliphatic rings. The monoisotopic (exact) mass is 416 g/mol. The van der Waals surface area contributed by atoms with E-state index in [9.17, 15) is 25.8 Å². The molecule has 0 N–H and O–H groups in total. The van der Waals surface area contributed by atoms with Crippen LogP contribution in [-0.4, -0.2) is 0 Å². The third-order valence-corrected chi connectivity index (χ3v) is 4.97. The van der Waals surface area contributed by atoms with E-state index in [2.05, 4.69) is 0 Å². The van der Waals surface area contributed by atoms with Crippen LogP contribution in [-0.2, 0) is 0 Å². The molecule has 0 amide bonds. The standard InChI is InChI=1S/C26H16N4O2/c1-16(2)18-9-6-10-22-21(11-18)25(26(31)32-22)24(20(14-29)15-30)23(19(12-27)13-28)17-7-4-3-5-8-17/h3-11,16H,1-2H3. The van der Waals surface area contributed by atoms with Crippen LogP contribution < -0.4 is 5.63 Å². The van der Waals surface area contributed by atoms with E-state index in [0.717, 1.165) is 5.56 Å². The van der Waals surface area contributed by atoms with Crippen LogP contribution in [0, 0.1) is 45.3 Å². The van der Waals surface area contributed by atoms with Crippen LogP contribution in [0.15, 0.2) is 75.0 Å². The molecule has 0 aromatic heterocycles. The number of allylic oxidation sites excluding steroid dienone is 4. The fraction of sp³-hybridized carbons (Fsp3) is 0.115. The van der Waals surface area contributed by atoms with Crippen LogP contribution in [0.3, 0.4) is 0 Å². The second kappa shape index (κ2) is 9.27. The minimum atomic E-state index is -0.762. The van der Waals surface area contributed by atoms with Gasteiger partial charge in [0.15, 0.2) is 0 Å². The lowest BCUT2D eigenvalue weighted by molar-refractivity contribution is 0.544. The van der Waals surface area contributed by atoms with Gasteiger partial charge in [-0.05, 0) is 29.2 Å². The summed E-state index contributed by atoms with van der Waals surface area (Å²) < 4.78 is 5.45. The van der Waals surface area contributed by atoms with Crippen molar-refractivity contribution in [1.29, 1.82) is 21.0 Å². The molecule has 0 fully saturated rings. The highest BCUT2D eigenvalue weighted by Crippen LogP contribution is 2.40. The molecule has 6 heteroatoms. The molecule has 0 saturated carbocycles. The average Bonchev–Trinajstić information content (AvgIpc) is 2.96. The second-order valence-corrected chi connectivity index (χ2v) is 7.18. The van der Waals surface area contributed by atoms with Gasteiger partial charge in [-0.1, -0.05) is 56.3 Å². The Balaban J connectivity index is 2.56. The van der Waals surface area contributed by atoms with Gasteiger partial charge in [-0.2, -0.15) is 21.0 Å². The van der Waals surface area contributed by atoms with E-state index >= 15 is 0 Å². The fourth-order valence-corrected chi connectivity index (χ4v) is 3.43. The molecule has 1 heterocycles. The van der Waals surface area contributed by atoms with Gasteiger partial charge in [-0.3, -0.25) is 0 Å². The molecule has 32 heavy (non-hydrogen) atoms. The first kappa shape index (κ1) is 21.8. The van der Waals surface area contributed by atoms with Gasteiger partial charge >= 0.3 is 5.63 Å². The lowest BCUT2D eigenvalue weighted by Gasteiger charge is -2.13. The Bertz CT molecular complexity index is 1410. The molecule has 0 saturated heterocycles. The number of hydrogen-bond donors (Lipinski definition) is 0. The van der Waals surface area contributed by atoms with Crippen LogP contribution >= 0.6 is 0 Å². The first-order valence-electron chi connectivity index (χ1n) is 9.68. The summed E-state index contributed by atoms with van der Waals surface area (Å²) >= 11 is 0. The van der Waals surface area contributed by atoms with E-state index in [4.69, 9.17) is 4.42 Å². The lowest BCUT2D eigenvalue weighted by atomic mass is 9.85. The molecule has 0 unspecified atom stereocenters. The molecule has 1 aromatic carbocycles. The van der Waals surface area contributed by atoms with E-state index in [0.29, 0.717) is 11.1 Å². The van der Waals surface area contributed by atoms with E-state index in [1.807, 2.05) is 44.2 Å². The van der Waals surface area contributed by atoms with Crippen molar-refractivity contribution in [3.8, 4) is 35.6 Å². The molecule has 1 aromatic rings. The molecule has 3 rings (SSSR count). The normalized spacial score (nSPS) is 9.84. The summed E-state index contributed by atoms with van der Waals surface area (Å²) in [5, 5.41) is 38.7. The summed E-state index contributed by atoms with van der Waals surface area (Å²) in [5.74, 6) is 0.396. The van der Waals surface area contributed by atoms with Gasteiger partial charge in [-0.25, -0.2) is 4.79 Å². The molecular formula is C26H16N4O2. The number of furan rings is 1. The van der Waals surface area contributed by atoms with Crippen LogP contribution in [0.2, 0.25) is 0 Å². The Hall–Kier alpha value is -4.91. The van der Waals surface area contributed by atoms with Gasteiger partial charge in [0.2, 0.25) is 0 Å². The quantitative estimate of drug-likeness (QED) is 0.427. The summed E-state index contributed by atoms with van der Waals surface area (Å²) in [5.41, 5.74) is 0.141. The zero-order chi connectivity index (χ0) is 23.3. The smallest absolute Gasteiger partial charge is 0.345 e. The van der Waals surface area contributed by atoms with Crippen LogP contribution in [0.25, 0.3) is 22.5 Å². The van der Waals surface area contributed by atoms with Gasteiger partial charge < -0.3 is 4.42 Å². The van der Waals surface area contributed by atoms with E-state index in [1.165, 1.54) is 0 Å². The van der Waals surface area contributed by atoms with Crippen molar-refractivity contribution in [3.05, 3.63) is 92.9 Å². The Morgan fingerprint density at radius 1 is 0.812 bits per heavy atom. The number of fused-ring (bicyclic) bond motifs is 1. The third-order valence-electron chi connectivity index (χ3n) is 4.97. The fourth-order valence-electron chi connectivity index (χ4n) is 3.43. The topological polar surface area (TPSA) is 125 Å². The second-order valence-electron chi connectivity index (χ2n) is 7.18. The summed E-state index contributed by atoms with van der Waals surface area (Å²) in [6.07, 6.45) is 0. The maximum Gasteiger partial charge on any atom is 0.345 e. The van der Waals surface area contributed by atoms with E-state index in [-0.39, 0.29) is 34.0 Å². The molecule has 1 aliphatic carbocycles. The first-order valence-corrected chi connectivity index (χ1v) is 9.68. The molecule has 6 nitrogen and oxygen atoms in total. The number of benzene rings is 1. The maximum absolute atomic E-state index is 13.0. The average molecular weight is 416 g/mol. The SMILES string of the molecule is CC(C)c1cccc2oc(=O)c(C(=C(C#N)C#N)C(=C(C#N)C#N)c3ccccc3)c-2c1. The first-order chi connectivity index (χ1) is 15.5. The predicted octanol–water partition coefficient (Wildman–Crippen LogP) is 5.17. The highest BCUT2D eigenvalue weighted by molar-refractivity contribution is 6.13. The zero-order valence-corrected chi connectivity index (χ0v) is 17.4. The van der Waals surface area contributed by atoms with Crippen LogP contribution in [0.4, 0.5) is 0 Å². The van der Waals surface area contributed by atoms with E-state index < -0.39 is 11.2 Å². The van der Waals surface area contributed by atoms with Crippen molar-refractivity contribution < 1.29 is 4.42 Å². The molecule has 0 atom stereocenters. The van der Waals surface area contributed by atoms with Crippen molar-refractivity contribution in [2.45, 2.75) is 19.8 Å². The molecule has 0 bridgehead atoms. The number of rotatable bonds is 4. The summed E-state index contributed by atoms with van der Waals surface area (Å²) in [6, 6.07) is 22.8. The minimum absolute atomic E-state index is 0.0296. The van der Waals surface area contributed by atoms with Gasteiger partial charge in [0.25, 0.3) is 0 Å². The third kappa shape index (κ3) is 3.90. The highest BCUT2D eigenvalue weighted by atomic mass is 16.4. The maximum atomic E-state index is 13.0. The number of hydrogen-bond acceptors (Lipinski definition) is 6. The zero-order valence-electron chi connectivity index (χ0n) is 17.4.